The second-order valence-corrected chi connectivity index (χ2v) is 6.49. The third-order valence-electron chi connectivity index (χ3n) is 4.15. The van der Waals surface area contributed by atoms with Gasteiger partial charge in [-0.1, -0.05) is 24.3 Å². The Morgan fingerprint density at radius 2 is 1.87 bits per heavy atom. The van der Waals surface area contributed by atoms with Gasteiger partial charge < -0.3 is 4.40 Å². The topological polar surface area (TPSA) is 30.2 Å². The van der Waals surface area contributed by atoms with E-state index in [-0.39, 0.29) is 0 Å². The first kappa shape index (κ1) is 14.3. The number of hydrogen-bond donors (Lipinski definition) is 0. The van der Waals surface area contributed by atoms with Crippen LogP contribution in [0.25, 0.3) is 16.4 Å². The fourth-order valence-electron chi connectivity index (χ4n) is 3.04. The van der Waals surface area contributed by atoms with Crippen molar-refractivity contribution in [2.45, 2.75) is 18.4 Å². The van der Waals surface area contributed by atoms with Crippen molar-refractivity contribution < 1.29 is 0 Å². The lowest BCUT2D eigenvalue weighted by molar-refractivity contribution is 1.07. The molecule has 23 heavy (non-hydrogen) atoms. The summed E-state index contributed by atoms with van der Waals surface area (Å²) in [5, 5.41) is 2.34. The minimum Gasteiger partial charge on any atom is -0.313 e. The summed E-state index contributed by atoms with van der Waals surface area (Å²) in [6.45, 7) is 2.03. The van der Waals surface area contributed by atoms with Crippen LogP contribution >= 0.6 is 11.8 Å². The number of hydrogen-bond acceptors (Lipinski definition) is 3. The van der Waals surface area contributed by atoms with E-state index in [0.717, 1.165) is 17.1 Å². The fraction of sp³-hybridized carbons (Fsp3) is 0.158. The number of thioether (sulfide) groups is 1. The van der Waals surface area contributed by atoms with E-state index < -0.39 is 0 Å². The first-order valence-corrected chi connectivity index (χ1v) is 8.82. The highest BCUT2D eigenvalue weighted by atomic mass is 32.2. The maximum atomic E-state index is 4.49. The predicted molar refractivity (Wildman–Crippen MR) is 96.3 cm³/mol. The van der Waals surface area contributed by atoms with E-state index in [1.54, 1.807) is 11.8 Å². The van der Waals surface area contributed by atoms with Crippen LogP contribution in [0, 0.1) is 6.92 Å². The van der Waals surface area contributed by atoms with Gasteiger partial charge in [-0.3, -0.25) is 4.98 Å². The van der Waals surface area contributed by atoms with Gasteiger partial charge in [0.05, 0.1) is 28.0 Å². The van der Waals surface area contributed by atoms with E-state index >= 15 is 0 Å². The van der Waals surface area contributed by atoms with Crippen molar-refractivity contribution in [3.63, 3.8) is 0 Å². The van der Waals surface area contributed by atoms with Crippen molar-refractivity contribution >= 4 is 28.2 Å². The molecule has 0 saturated carbocycles. The molecular weight excluding hydrogens is 302 g/mol. The number of benzene rings is 1. The standard InChI is InChI=1S/C19H17N3S/c1-13-12-22-17-6-4-3-5-15(17)16(18(22)11-20-13)9-14-7-8-19(23-2)21-10-14/h3-8,10-12H,9H2,1-2H3. The number of pyridine rings is 1. The van der Waals surface area contributed by atoms with E-state index in [9.17, 15) is 0 Å². The van der Waals surface area contributed by atoms with Crippen molar-refractivity contribution in [3.05, 3.63) is 71.8 Å². The summed E-state index contributed by atoms with van der Waals surface area (Å²) in [4.78, 5) is 8.98. The molecule has 0 radical (unpaired) electrons. The molecule has 1 aromatic carbocycles. The summed E-state index contributed by atoms with van der Waals surface area (Å²) in [6, 6.07) is 12.8. The highest BCUT2D eigenvalue weighted by Crippen LogP contribution is 2.28. The maximum absolute atomic E-state index is 4.49. The first-order valence-electron chi connectivity index (χ1n) is 7.59. The Kier molecular flexibility index (Phi) is 3.54. The van der Waals surface area contributed by atoms with Gasteiger partial charge in [0.15, 0.2) is 0 Å². The lowest BCUT2D eigenvalue weighted by Gasteiger charge is -2.03. The molecule has 0 fully saturated rings. The number of aryl methyl sites for hydroxylation is 1. The molecule has 0 amide bonds. The fourth-order valence-corrected chi connectivity index (χ4v) is 3.40. The molecule has 0 aliphatic heterocycles. The lowest BCUT2D eigenvalue weighted by atomic mass is 10.0. The molecule has 4 aromatic rings. The average Bonchev–Trinajstić information content (AvgIpc) is 2.89. The molecule has 3 nitrogen and oxygen atoms in total. The number of nitrogens with zero attached hydrogens (tertiary/aromatic N) is 3. The molecule has 4 rings (SSSR count). The molecule has 4 heteroatoms. The van der Waals surface area contributed by atoms with Crippen LogP contribution in [-0.4, -0.2) is 20.6 Å². The number of rotatable bonds is 3. The quantitative estimate of drug-likeness (QED) is 0.521. The lowest BCUT2D eigenvalue weighted by Crippen LogP contribution is -1.93. The Morgan fingerprint density at radius 3 is 2.65 bits per heavy atom. The Hall–Kier alpha value is -2.33. The van der Waals surface area contributed by atoms with E-state index in [0.29, 0.717) is 0 Å². The largest absolute Gasteiger partial charge is 0.313 e. The van der Waals surface area contributed by atoms with Crippen LogP contribution in [0.4, 0.5) is 0 Å². The second kappa shape index (κ2) is 5.70. The molecule has 0 N–H and O–H groups in total. The summed E-state index contributed by atoms with van der Waals surface area (Å²) in [6.07, 6.45) is 8.98. The molecule has 0 atom stereocenters. The molecule has 0 aliphatic carbocycles. The van der Waals surface area contributed by atoms with Crippen LogP contribution in [0.5, 0.6) is 0 Å². The Labute approximate surface area is 139 Å². The zero-order chi connectivity index (χ0) is 15.8. The van der Waals surface area contributed by atoms with E-state index in [1.807, 2.05) is 25.6 Å². The van der Waals surface area contributed by atoms with Gasteiger partial charge in [0.25, 0.3) is 0 Å². The minimum atomic E-state index is 0.864. The summed E-state index contributed by atoms with van der Waals surface area (Å²) in [5.41, 5.74) is 5.96. The van der Waals surface area contributed by atoms with Crippen LogP contribution in [0.2, 0.25) is 0 Å². The molecule has 0 bridgehead atoms. The molecule has 3 aromatic heterocycles. The van der Waals surface area contributed by atoms with Gasteiger partial charge in [-0.05, 0) is 36.4 Å². The van der Waals surface area contributed by atoms with Crippen molar-refractivity contribution in [1.82, 2.24) is 14.4 Å². The van der Waals surface area contributed by atoms with Gasteiger partial charge in [-0.25, -0.2) is 4.98 Å². The van der Waals surface area contributed by atoms with Crippen molar-refractivity contribution in [3.8, 4) is 0 Å². The van der Waals surface area contributed by atoms with E-state index in [4.69, 9.17) is 0 Å². The molecular formula is C19H17N3S. The molecule has 0 aliphatic rings. The van der Waals surface area contributed by atoms with Crippen LogP contribution in [0.1, 0.15) is 16.8 Å². The van der Waals surface area contributed by atoms with Crippen LogP contribution in [0.15, 0.2) is 60.0 Å². The minimum absolute atomic E-state index is 0.864. The smallest absolute Gasteiger partial charge is 0.0957 e. The molecule has 3 heterocycles. The van der Waals surface area contributed by atoms with Crippen LogP contribution < -0.4 is 0 Å². The highest BCUT2D eigenvalue weighted by molar-refractivity contribution is 7.98. The zero-order valence-corrected chi connectivity index (χ0v) is 14.0. The van der Waals surface area contributed by atoms with Crippen molar-refractivity contribution in [1.29, 1.82) is 0 Å². The molecule has 114 valence electrons. The van der Waals surface area contributed by atoms with Gasteiger partial charge in [0.1, 0.15) is 0 Å². The Bertz CT molecular complexity index is 987. The van der Waals surface area contributed by atoms with Gasteiger partial charge in [-0.2, -0.15) is 0 Å². The zero-order valence-electron chi connectivity index (χ0n) is 13.2. The third-order valence-corrected chi connectivity index (χ3v) is 4.81. The summed E-state index contributed by atoms with van der Waals surface area (Å²) in [7, 11) is 0. The number of para-hydroxylation sites is 1. The van der Waals surface area contributed by atoms with Crippen molar-refractivity contribution in [2.24, 2.45) is 0 Å². The van der Waals surface area contributed by atoms with E-state index in [2.05, 4.69) is 57.0 Å². The van der Waals surface area contributed by atoms with Crippen LogP contribution in [0.3, 0.4) is 0 Å². The molecule has 0 unspecified atom stereocenters. The van der Waals surface area contributed by atoms with Gasteiger partial charge in [0, 0.05) is 24.2 Å². The summed E-state index contributed by atoms with van der Waals surface area (Å²) in [5.74, 6) is 0. The highest BCUT2D eigenvalue weighted by Gasteiger charge is 2.12. The van der Waals surface area contributed by atoms with Gasteiger partial charge >= 0.3 is 0 Å². The average molecular weight is 319 g/mol. The normalized spacial score (nSPS) is 11.4. The first-order chi connectivity index (χ1) is 11.3. The van der Waals surface area contributed by atoms with Gasteiger partial charge in [-0.15, -0.1) is 11.8 Å². The van der Waals surface area contributed by atoms with Crippen molar-refractivity contribution in [2.75, 3.05) is 6.26 Å². The second-order valence-electron chi connectivity index (χ2n) is 5.67. The molecule has 0 spiro atoms. The Morgan fingerprint density at radius 1 is 1.00 bits per heavy atom. The predicted octanol–water partition coefficient (Wildman–Crippen LogP) is 4.50. The molecule has 0 saturated heterocycles. The summed E-state index contributed by atoms with van der Waals surface area (Å²) >= 11 is 1.67. The Balaban J connectivity index is 1.89. The number of fused-ring (bicyclic) bond motifs is 3. The SMILES string of the molecule is CSc1ccc(Cc2c3ccccc3n3cc(C)ncc23)cn1. The summed E-state index contributed by atoms with van der Waals surface area (Å²) < 4.78 is 2.25. The maximum Gasteiger partial charge on any atom is 0.0957 e. The van der Waals surface area contributed by atoms with Gasteiger partial charge in [0.2, 0.25) is 0 Å². The van der Waals surface area contributed by atoms with E-state index in [1.165, 1.54) is 27.5 Å². The third kappa shape index (κ3) is 2.49. The number of aromatic nitrogens is 3. The monoisotopic (exact) mass is 319 g/mol. The van der Waals surface area contributed by atoms with Crippen LogP contribution in [-0.2, 0) is 6.42 Å².